The molecule has 3 rings (SSSR count). The molecule has 2 unspecified atom stereocenters. The van der Waals surface area contributed by atoms with Crippen molar-refractivity contribution in [1.29, 1.82) is 0 Å². The molecule has 22 heavy (non-hydrogen) atoms. The Hall–Kier alpha value is -2.16. The molecule has 9 heteroatoms. The van der Waals surface area contributed by atoms with Gasteiger partial charge in [0, 0.05) is 12.7 Å². The van der Waals surface area contributed by atoms with Gasteiger partial charge in [-0.15, -0.1) is 5.10 Å². The zero-order valence-corrected chi connectivity index (χ0v) is 12.1. The molecular weight excluding hydrogens is 296 g/mol. The Kier molecular flexibility index (Phi) is 3.51. The maximum atomic E-state index is 13.2. The van der Waals surface area contributed by atoms with Crippen molar-refractivity contribution in [2.24, 2.45) is 0 Å². The number of hydrogen-bond donors (Lipinski definition) is 0. The molecule has 1 aliphatic heterocycles. The van der Waals surface area contributed by atoms with E-state index in [0.717, 1.165) is 0 Å². The molecule has 1 fully saturated rings. The molecule has 0 spiro atoms. The molecule has 1 saturated heterocycles. The molecule has 7 nitrogen and oxygen atoms in total. The van der Waals surface area contributed by atoms with Crippen LogP contribution in [0.1, 0.15) is 24.2 Å². The zero-order chi connectivity index (χ0) is 15.9. The zero-order valence-electron chi connectivity index (χ0n) is 12.1. The average Bonchev–Trinajstić information content (AvgIpc) is 2.93. The lowest BCUT2D eigenvalue weighted by molar-refractivity contribution is -0.191. The maximum absolute atomic E-state index is 13.2. The molecule has 0 bridgehead atoms. The normalized spacial score (nSPS) is 25.9. The highest BCUT2D eigenvalue weighted by atomic mass is 19.3. The van der Waals surface area contributed by atoms with E-state index in [1.54, 1.807) is 25.3 Å². The van der Waals surface area contributed by atoms with Gasteiger partial charge in [-0.25, -0.2) is 8.78 Å². The summed E-state index contributed by atoms with van der Waals surface area (Å²) >= 11 is 0. The highest BCUT2D eigenvalue weighted by molar-refractivity contribution is 5.99. The average molecular weight is 311 g/mol. The fourth-order valence-electron chi connectivity index (χ4n) is 2.67. The number of fused-ring (bicyclic) bond motifs is 1. The summed E-state index contributed by atoms with van der Waals surface area (Å²) in [5, 5.41) is 11.0. The van der Waals surface area contributed by atoms with Crippen LogP contribution in [0.15, 0.2) is 18.3 Å². The number of rotatable bonds is 2. The van der Waals surface area contributed by atoms with E-state index < -0.39 is 18.1 Å². The van der Waals surface area contributed by atoms with Crippen molar-refractivity contribution in [3.05, 3.63) is 23.9 Å². The van der Waals surface area contributed by atoms with E-state index in [9.17, 15) is 13.6 Å². The van der Waals surface area contributed by atoms with E-state index in [1.165, 1.54) is 16.3 Å². The fraction of sp³-hybridized carbons (Fsp3) is 0.538. The summed E-state index contributed by atoms with van der Waals surface area (Å²) in [6.45, 7) is 3.03. The second-order valence-electron chi connectivity index (χ2n) is 5.60. The Morgan fingerprint density at radius 2 is 2.32 bits per heavy atom. The van der Waals surface area contributed by atoms with Crippen molar-refractivity contribution >= 4 is 11.6 Å². The summed E-state index contributed by atoms with van der Waals surface area (Å²) in [5.41, 5.74) is -1.10. The van der Waals surface area contributed by atoms with Gasteiger partial charge in [0.05, 0.1) is 18.2 Å². The van der Waals surface area contributed by atoms with Crippen LogP contribution >= 0.6 is 0 Å². The Labute approximate surface area is 124 Å². The van der Waals surface area contributed by atoms with Crippen LogP contribution in [-0.4, -0.2) is 62.1 Å². The van der Waals surface area contributed by atoms with Gasteiger partial charge < -0.3 is 9.64 Å². The Morgan fingerprint density at radius 1 is 1.55 bits per heavy atom. The van der Waals surface area contributed by atoms with Crippen LogP contribution in [0.2, 0.25) is 0 Å². The van der Waals surface area contributed by atoms with Gasteiger partial charge in [-0.3, -0.25) is 4.79 Å². The number of halogens is 2. The fourth-order valence-corrected chi connectivity index (χ4v) is 2.67. The molecule has 0 aromatic carbocycles. The Morgan fingerprint density at radius 3 is 3.05 bits per heavy atom. The van der Waals surface area contributed by atoms with Gasteiger partial charge in [-0.2, -0.15) is 4.52 Å². The molecule has 3 heterocycles. The summed E-state index contributed by atoms with van der Waals surface area (Å²) in [7, 11) is 0. The molecule has 118 valence electrons. The van der Waals surface area contributed by atoms with Gasteiger partial charge in [0.25, 0.3) is 12.3 Å². The lowest BCUT2D eigenvalue weighted by Crippen LogP contribution is -2.58. The van der Waals surface area contributed by atoms with Crippen LogP contribution < -0.4 is 0 Å². The van der Waals surface area contributed by atoms with Gasteiger partial charge in [-0.05, 0) is 36.4 Å². The number of aromatic nitrogens is 4. The summed E-state index contributed by atoms with van der Waals surface area (Å²) < 4.78 is 33.1. The molecule has 0 aliphatic carbocycles. The Bertz CT molecular complexity index is 707. The van der Waals surface area contributed by atoms with E-state index in [0.29, 0.717) is 5.65 Å². The van der Waals surface area contributed by atoms with Crippen molar-refractivity contribution in [2.75, 3.05) is 13.1 Å². The van der Waals surface area contributed by atoms with Crippen molar-refractivity contribution in [3.63, 3.8) is 0 Å². The number of alkyl halides is 2. The minimum atomic E-state index is -2.68. The first kappa shape index (κ1) is 14.8. The first-order chi connectivity index (χ1) is 10.4. The molecule has 2 atom stereocenters. The van der Waals surface area contributed by atoms with Crippen molar-refractivity contribution in [3.8, 4) is 0 Å². The van der Waals surface area contributed by atoms with Crippen LogP contribution in [0.3, 0.4) is 0 Å². The molecule has 0 N–H and O–H groups in total. The standard InChI is InChI=1S/C13H15F2N5O2/c1-8-6-19(7-13(2,22-8)12(14)15)11(21)9-4-3-5-20-10(9)16-17-18-20/h3-5,8,12H,6-7H2,1-2H3. The SMILES string of the molecule is CC1CN(C(=O)c2cccn3nnnc23)CC(C)(C(F)F)O1. The highest BCUT2D eigenvalue weighted by Gasteiger charge is 2.44. The minimum Gasteiger partial charge on any atom is -0.363 e. The summed E-state index contributed by atoms with van der Waals surface area (Å²) in [5.74, 6) is -0.387. The number of hydrogen-bond acceptors (Lipinski definition) is 5. The molecule has 2 aromatic heterocycles. The second-order valence-corrected chi connectivity index (χ2v) is 5.60. The number of nitrogens with zero attached hydrogens (tertiary/aromatic N) is 5. The maximum Gasteiger partial charge on any atom is 0.268 e. The molecule has 1 aliphatic rings. The molecule has 0 radical (unpaired) electrons. The van der Waals surface area contributed by atoms with Crippen molar-refractivity contribution in [2.45, 2.75) is 32.0 Å². The van der Waals surface area contributed by atoms with Gasteiger partial charge in [-0.1, -0.05) is 0 Å². The predicted molar refractivity (Wildman–Crippen MR) is 71.6 cm³/mol. The van der Waals surface area contributed by atoms with Gasteiger partial charge in [0.2, 0.25) is 0 Å². The van der Waals surface area contributed by atoms with Crippen LogP contribution in [0.4, 0.5) is 8.78 Å². The third kappa shape index (κ3) is 2.41. The van der Waals surface area contributed by atoms with E-state index >= 15 is 0 Å². The van der Waals surface area contributed by atoms with Gasteiger partial charge in [0.15, 0.2) is 5.65 Å². The largest absolute Gasteiger partial charge is 0.363 e. The molecule has 0 saturated carbocycles. The monoisotopic (exact) mass is 311 g/mol. The first-order valence-corrected chi connectivity index (χ1v) is 6.83. The highest BCUT2D eigenvalue weighted by Crippen LogP contribution is 2.28. The van der Waals surface area contributed by atoms with Crippen molar-refractivity contribution < 1.29 is 18.3 Å². The smallest absolute Gasteiger partial charge is 0.268 e. The lowest BCUT2D eigenvalue weighted by atomic mass is 10.0. The van der Waals surface area contributed by atoms with E-state index in [-0.39, 0.29) is 24.6 Å². The lowest BCUT2D eigenvalue weighted by Gasteiger charge is -2.43. The van der Waals surface area contributed by atoms with E-state index in [2.05, 4.69) is 15.5 Å². The quantitative estimate of drug-likeness (QED) is 0.827. The molecule has 1 amide bonds. The van der Waals surface area contributed by atoms with Crippen LogP contribution in [0, 0.1) is 0 Å². The van der Waals surface area contributed by atoms with E-state index in [4.69, 9.17) is 4.74 Å². The van der Waals surface area contributed by atoms with Gasteiger partial charge in [0.1, 0.15) is 5.60 Å². The number of pyridine rings is 1. The first-order valence-electron chi connectivity index (χ1n) is 6.83. The topological polar surface area (TPSA) is 72.6 Å². The summed E-state index contributed by atoms with van der Waals surface area (Å²) in [6, 6.07) is 3.21. The molecule has 2 aromatic rings. The number of carbonyl (C=O) groups is 1. The third-order valence-electron chi connectivity index (χ3n) is 3.66. The second kappa shape index (κ2) is 5.24. The number of morpholine rings is 1. The van der Waals surface area contributed by atoms with Crippen LogP contribution in [0.25, 0.3) is 5.65 Å². The number of tetrazole rings is 1. The molecular formula is C13H15F2N5O2. The van der Waals surface area contributed by atoms with Gasteiger partial charge >= 0.3 is 0 Å². The van der Waals surface area contributed by atoms with Crippen LogP contribution in [-0.2, 0) is 4.74 Å². The Balaban J connectivity index is 1.93. The number of amides is 1. The predicted octanol–water partition coefficient (Wildman–Crippen LogP) is 1.01. The number of ether oxygens (including phenoxy) is 1. The van der Waals surface area contributed by atoms with E-state index in [1.807, 2.05) is 0 Å². The number of carbonyl (C=O) groups excluding carboxylic acids is 1. The van der Waals surface area contributed by atoms with Crippen LogP contribution in [0.5, 0.6) is 0 Å². The summed E-state index contributed by atoms with van der Waals surface area (Å²) in [4.78, 5) is 14.0. The summed E-state index contributed by atoms with van der Waals surface area (Å²) in [6.07, 6.45) is -1.55. The third-order valence-corrected chi connectivity index (χ3v) is 3.66. The van der Waals surface area contributed by atoms with Crippen molar-refractivity contribution in [1.82, 2.24) is 24.9 Å². The minimum absolute atomic E-state index is 0.184.